The third-order valence-electron chi connectivity index (χ3n) is 5.83. The van der Waals surface area contributed by atoms with Crippen LogP contribution in [0.4, 0.5) is 0 Å². The Balaban J connectivity index is 1.67. The van der Waals surface area contributed by atoms with Crippen molar-refractivity contribution in [2.45, 2.75) is 45.4 Å². The molecule has 1 aromatic carbocycles. The summed E-state index contributed by atoms with van der Waals surface area (Å²) < 4.78 is 6.59. The predicted octanol–water partition coefficient (Wildman–Crippen LogP) is 4.92. The van der Waals surface area contributed by atoms with Crippen LogP contribution in [0.1, 0.15) is 60.1 Å². The van der Waals surface area contributed by atoms with Gasteiger partial charge in [-0.3, -0.25) is 14.6 Å². The predicted molar refractivity (Wildman–Crippen MR) is 115 cm³/mol. The maximum Gasteiger partial charge on any atom is 0.308 e. The number of ether oxygens (including phenoxy) is 1. The van der Waals surface area contributed by atoms with E-state index >= 15 is 0 Å². The zero-order chi connectivity index (χ0) is 21.3. The highest BCUT2D eigenvalue weighted by Crippen LogP contribution is 2.38. The minimum absolute atomic E-state index is 0.0603. The van der Waals surface area contributed by atoms with Crippen molar-refractivity contribution in [1.29, 1.82) is 0 Å². The molecule has 1 aliphatic rings. The van der Waals surface area contributed by atoms with Crippen LogP contribution in [0.2, 0.25) is 5.02 Å². The van der Waals surface area contributed by atoms with Gasteiger partial charge in [0.2, 0.25) is 0 Å². The molecule has 0 aliphatic heterocycles. The average Bonchev–Trinajstić information content (AvgIpc) is 3.13. The van der Waals surface area contributed by atoms with Gasteiger partial charge in [-0.1, -0.05) is 23.7 Å². The van der Waals surface area contributed by atoms with Crippen molar-refractivity contribution in [3.63, 3.8) is 0 Å². The topological polar surface area (TPSA) is 74.1 Å². The summed E-state index contributed by atoms with van der Waals surface area (Å²) in [6, 6.07) is 9.05. The normalized spacial score (nSPS) is 19.0. The maximum absolute atomic E-state index is 13.3. The first-order chi connectivity index (χ1) is 14.5. The Bertz CT molecular complexity index is 1080. The van der Waals surface area contributed by atoms with Gasteiger partial charge in [-0.2, -0.15) is 9.78 Å². The fourth-order valence-corrected chi connectivity index (χ4v) is 4.58. The molecule has 1 aliphatic carbocycles. The molecule has 4 rings (SSSR count). The van der Waals surface area contributed by atoms with Gasteiger partial charge in [0, 0.05) is 12.1 Å². The fraction of sp³-hybridized carbons (Fsp3) is 0.391. The van der Waals surface area contributed by atoms with Crippen molar-refractivity contribution >= 4 is 34.5 Å². The van der Waals surface area contributed by atoms with Gasteiger partial charge in [0.15, 0.2) is 0 Å². The lowest BCUT2D eigenvalue weighted by Crippen LogP contribution is -2.23. The van der Waals surface area contributed by atoms with E-state index in [0.29, 0.717) is 22.7 Å². The van der Waals surface area contributed by atoms with Crippen LogP contribution in [0, 0.1) is 12.8 Å². The first kappa shape index (κ1) is 20.5. The Morgan fingerprint density at radius 3 is 2.63 bits per heavy atom. The summed E-state index contributed by atoms with van der Waals surface area (Å²) in [5, 5.41) is 5.11. The van der Waals surface area contributed by atoms with Crippen LogP contribution >= 0.6 is 11.6 Å². The van der Waals surface area contributed by atoms with Crippen LogP contribution in [-0.4, -0.2) is 33.2 Å². The van der Waals surface area contributed by atoms with Gasteiger partial charge in [0.1, 0.15) is 5.52 Å². The number of benzene rings is 1. The molecule has 2 aromatic heterocycles. The van der Waals surface area contributed by atoms with E-state index in [4.69, 9.17) is 21.4 Å². The summed E-state index contributed by atoms with van der Waals surface area (Å²) in [7, 11) is 0. The lowest BCUT2D eigenvalue weighted by Gasteiger charge is -2.26. The second-order valence-electron chi connectivity index (χ2n) is 7.71. The number of aryl methyl sites for hydroxylation is 1. The molecule has 1 saturated carbocycles. The molecule has 0 N–H and O–H groups in total. The van der Waals surface area contributed by atoms with Crippen LogP contribution in [0.5, 0.6) is 0 Å². The number of hydrogen-bond donors (Lipinski definition) is 0. The molecular weight excluding hydrogens is 402 g/mol. The Morgan fingerprint density at radius 2 is 1.93 bits per heavy atom. The van der Waals surface area contributed by atoms with Gasteiger partial charge < -0.3 is 4.74 Å². The Kier molecular flexibility index (Phi) is 5.86. The minimum Gasteiger partial charge on any atom is -0.466 e. The van der Waals surface area contributed by atoms with E-state index in [2.05, 4.69) is 4.98 Å². The third kappa shape index (κ3) is 3.72. The quantitative estimate of drug-likeness (QED) is 0.554. The number of rotatable bonds is 4. The molecule has 6 nitrogen and oxygen atoms in total. The number of esters is 1. The number of pyridine rings is 1. The zero-order valence-electron chi connectivity index (χ0n) is 17.1. The molecule has 1 fully saturated rings. The zero-order valence-corrected chi connectivity index (χ0v) is 17.9. The van der Waals surface area contributed by atoms with Crippen molar-refractivity contribution in [2.24, 2.45) is 5.92 Å². The Hall–Kier alpha value is -2.73. The van der Waals surface area contributed by atoms with E-state index in [1.807, 2.05) is 32.0 Å². The highest BCUT2D eigenvalue weighted by atomic mass is 35.5. The lowest BCUT2D eigenvalue weighted by molar-refractivity contribution is -0.149. The number of carbonyl (C=O) groups is 2. The molecule has 0 atom stereocenters. The summed E-state index contributed by atoms with van der Waals surface area (Å²) >= 11 is 6.33. The van der Waals surface area contributed by atoms with Gasteiger partial charge in [-0.05, 0) is 63.3 Å². The first-order valence-electron chi connectivity index (χ1n) is 10.3. The number of aromatic nitrogens is 3. The van der Waals surface area contributed by atoms with Crippen LogP contribution < -0.4 is 0 Å². The molecule has 0 saturated heterocycles. The largest absolute Gasteiger partial charge is 0.466 e. The second kappa shape index (κ2) is 8.56. The maximum atomic E-state index is 13.3. The molecule has 3 aromatic rings. The first-order valence-corrected chi connectivity index (χ1v) is 10.7. The van der Waals surface area contributed by atoms with Crippen molar-refractivity contribution < 1.29 is 14.3 Å². The minimum atomic E-state index is -0.262. The molecule has 0 radical (unpaired) electrons. The molecule has 0 amide bonds. The van der Waals surface area contributed by atoms with Crippen molar-refractivity contribution in [2.75, 3.05) is 6.61 Å². The SMILES string of the molecule is CCOC(=O)C1CCC(c2nn(C(=O)c3c(C)cccc3Cl)c3cccnc23)CC1. The number of hydrogen-bond acceptors (Lipinski definition) is 5. The van der Waals surface area contributed by atoms with Crippen LogP contribution in [0.25, 0.3) is 11.0 Å². The van der Waals surface area contributed by atoms with E-state index < -0.39 is 0 Å². The summed E-state index contributed by atoms with van der Waals surface area (Å²) in [6.07, 6.45) is 4.84. The lowest BCUT2D eigenvalue weighted by atomic mass is 9.80. The number of halogens is 1. The second-order valence-corrected chi connectivity index (χ2v) is 8.11. The van der Waals surface area contributed by atoms with Crippen LogP contribution in [0.3, 0.4) is 0 Å². The monoisotopic (exact) mass is 425 g/mol. The Morgan fingerprint density at radius 1 is 1.17 bits per heavy atom. The van der Waals surface area contributed by atoms with E-state index in [0.717, 1.165) is 42.5 Å². The molecule has 7 heteroatoms. The molecule has 30 heavy (non-hydrogen) atoms. The van der Waals surface area contributed by atoms with E-state index in [9.17, 15) is 9.59 Å². The third-order valence-corrected chi connectivity index (χ3v) is 6.14. The number of nitrogens with zero attached hydrogens (tertiary/aromatic N) is 3. The summed E-state index contributed by atoms with van der Waals surface area (Å²) in [5.41, 5.74) is 3.46. The van der Waals surface area contributed by atoms with Gasteiger partial charge in [0.05, 0.1) is 34.3 Å². The number of carbonyl (C=O) groups excluding carboxylic acids is 2. The molecule has 0 unspecified atom stereocenters. The van der Waals surface area contributed by atoms with Crippen LogP contribution in [0.15, 0.2) is 36.5 Å². The van der Waals surface area contributed by atoms with E-state index in [1.165, 1.54) is 4.68 Å². The average molecular weight is 426 g/mol. The van der Waals surface area contributed by atoms with Gasteiger partial charge >= 0.3 is 5.97 Å². The van der Waals surface area contributed by atoms with E-state index in [-0.39, 0.29) is 23.7 Å². The smallest absolute Gasteiger partial charge is 0.308 e. The standard InChI is InChI=1S/C23H24ClN3O3/c1-3-30-23(29)16-11-9-15(10-12-16)20-21-18(8-5-13-25-21)27(26-20)22(28)19-14(2)6-4-7-17(19)24/h4-8,13,15-16H,3,9-12H2,1-2H3. The summed E-state index contributed by atoms with van der Waals surface area (Å²) in [6.45, 7) is 4.09. The van der Waals surface area contributed by atoms with Gasteiger partial charge in [-0.25, -0.2) is 0 Å². The fourth-order valence-electron chi connectivity index (χ4n) is 4.28. The van der Waals surface area contributed by atoms with Gasteiger partial charge in [0.25, 0.3) is 5.91 Å². The molecule has 2 heterocycles. The van der Waals surface area contributed by atoms with Crippen molar-refractivity contribution in [1.82, 2.24) is 14.8 Å². The molecule has 0 bridgehead atoms. The Labute approximate surface area is 180 Å². The molecular formula is C23H24ClN3O3. The van der Waals surface area contributed by atoms with Crippen LogP contribution in [-0.2, 0) is 9.53 Å². The van der Waals surface area contributed by atoms with Gasteiger partial charge in [-0.15, -0.1) is 0 Å². The molecule has 156 valence electrons. The van der Waals surface area contributed by atoms with E-state index in [1.54, 1.807) is 18.3 Å². The summed E-state index contributed by atoms with van der Waals surface area (Å²) in [5.74, 6) is -0.291. The highest BCUT2D eigenvalue weighted by molar-refractivity contribution is 6.34. The summed E-state index contributed by atoms with van der Waals surface area (Å²) in [4.78, 5) is 29.9. The molecule has 0 spiro atoms. The number of fused-ring (bicyclic) bond motifs is 1. The van der Waals surface area contributed by atoms with Crippen molar-refractivity contribution in [3.8, 4) is 0 Å². The highest BCUT2D eigenvalue weighted by Gasteiger charge is 2.31. The van der Waals surface area contributed by atoms with Crippen molar-refractivity contribution in [3.05, 3.63) is 58.4 Å².